The maximum atomic E-state index is 12.9. The van der Waals surface area contributed by atoms with E-state index in [9.17, 15) is 14.7 Å². The van der Waals surface area contributed by atoms with Gasteiger partial charge in [0.05, 0.1) is 6.54 Å². The fourth-order valence-corrected chi connectivity index (χ4v) is 4.03. The summed E-state index contributed by atoms with van der Waals surface area (Å²) in [5.41, 5.74) is 0.991. The maximum Gasteiger partial charge on any atom is 0.325 e. The molecule has 29 heavy (non-hydrogen) atoms. The Morgan fingerprint density at radius 1 is 1.21 bits per heavy atom. The summed E-state index contributed by atoms with van der Waals surface area (Å²) in [6.07, 6.45) is 1.78. The number of hydrogen-bond donors (Lipinski definition) is 2. The van der Waals surface area contributed by atoms with Gasteiger partial charge in [-0.1, -0.05) is 52.1 Å². The number of halogens is 1. The van der Waals surface area contributed by atoms with Crippen LogP contribution in [0.5, 0.6) is 5.75 Å². The van der Waals surface area contributed by atoms with Crippen molar-refractivity contribution in [3.05, 3.63) is 28.3 Å². The van der Waals surface area contributed by atoms with Crippen molar-refractivity contribution in [2.24, 2.45) is 0 Å². The third kappa shape index (κ3) is 5.23. The Balaban J connectivity index is 2.06. The molecular formula is C22H33ClN2O4. The highest BCUT2D eigenvalue weighted by molar-refractivity contribution is 6.31. The highest BCUT2D eigenvalue weighted by Gasteiger charge is 2.50. The third-order valence-electron chi connectivity index (χ3n) is 5.34. The standard InChI is InChI=1S/C22H33ClN2O4/c1-6-8-22(9-7-2)20(27)25(21(28)24-22)12-16(26)13-29-19-10-15(5)18(23)11-17(19)14(3)4/h10-11,14,16,26H,6-9,12-13H2,1-5H3,(H,24,28). The van der Waals surface area contributed by atoms with Crippen LogP contribution in [0.25, 0.3) is 0 Å². The first-order valence-electron chi connectivity index (χ1n) is 10.4. The van der Waals surface area contributed by atoms with Crippen LogP contribution in [0.3, 0.4) is 0 Å². The lowest BCUT2D eigenvalue weighted by Gasteiger charge is -2.26. The molecule has 1 aliphatic rings. The van der Waals surface area contributed by atoms with Crippen LogP contribution in [0.2, 0.25) is 5.02 Å². The Hall–Kier alpha value is -1.79. The molecule has 0 radical (unpaired) electrons. The molecule has 1 saturated heterocycles. The van der Waals surface area contributed by atoms with E-state index >= 15 is 0 Å². The van der Waals surface area contributed by atoms with Gasteiger partial charge in [0.25, 0.3) is 5.91 Å². The van der Waals surface area contributed by atoms with Gasteiger partial charge in [-0.25, -0.2) is 4.79 Å². The molecule has 2 rings (SSSR count). The van der Waals surface area contributed by atoms with E-state index in [0.29, 0.717) is 23.6 Å². The molecule has 3 amide bonds. The minimum atomic E-state index is -0.986. The van der Waals surface area contributed by atoms with Gasteiger partial charge < -0.3 is 15.2 Å². The number of aliphatic hydroxyl groups is 1. The van der Waals surface area contributed by atoms with Gasteiger partial charge in [0.2, 0.25) is 0 Å². The van der Waals surface area contributed by atoms with Crippen molar-refractivity contribution in [1.82, 2.24) is 10.2 Å². The summed E-state index contributed by atoms with van der Waals surface area (Å²) in [6.45, 7) is 9.84. The zero-order valence-corrected chi connectivity index (χ0v) is 18.8. The largest absolute Gasteiger partial charge is 0.491 e. The number of aryl methyl sites for hydroxylation is 1. The molecule has 0 aromatic heterocycles. The van der Waals surface area contributed by atoms with Crippen molar-refractivity contribution in [3.8, 4) is 5.75 Å². The number of amides is 3. The van der Waals surface area contributed by atoms with E-state index in [1.54, 1.807) is 0 Å². The van der Waals surface area contributed by atoms with Crippen molar-refractivity contribution in [3.63, 3.8) is 0 Å². The van der Waals surface area contributed by atoms with Crippen molar-refractivity contribution in [1.29, 1.82) is 0 Å². The number of nitrogens with zero attached hydrogens (tertiary/aromatic N) is 1. The molecule has 1 aliphatic heterocycles. The van der Waals surface area contributed by atoms with Crippen LogP contribution >= 0.6 is 11.6 Å². The van der Waals surface area contributed by atoms with E-state index in [-0.39, 0.29) is 25.0 Å². The summed E-state index contributed by atoms with van der Waals surface area (Å²) < 4.78 is 5.85. The quantitative estimate of drug-likeness (QED) is 0.545. The number of imide groups is 1. The molecule has 2 N–H and O–H groups in total. The number of carbonyl (C=O) groups is 2. The van der Waals surface area contributed by atoms with Crippen molar-refractivity contribution < 1.29 is 19.4 Å². The van der Waals surface area contributed by atoms with Crippen molar-refractivity contribution >= 4 is 23.5 Å². The van der Waals surface area contributed by atoms with Gasteiger partial charge in [0.15, 0.2) is 0 Å². The van der Waals surface area contributed by atoms with Crippen LogP contribution in [0, 0.1) is 6.92 Å². The van der Waals surface area contributed by atoms with Crippen molar-refractivity contribution in [2.45, 2.75) is 77.9 Å². The molecular weight excluding hydrogens is 392 g/mol. The summed E-state index contributed by atoms with van der Waals surface area (Å²) in [5.74, 6) is 0.606. The minimum Gasteiger partial charge on any atom is -0.491 e. The van der Waals surface area contributed by atoms with Crippen LogP contribution in [0.1, 0.15) is 70.4 Å². The summed E-state index contributed by atoms with van der Waals surface area (Å²) in [5, 5.41) is 14.0. The van der Waals surface area contributed by atoms with E-state index in [1.807, 2.05) is 46.8 Å². The predicted octanol–water partition coefficient (Wildman–Crippen LogP) is 4.40. The summed E-state index contributed by atoms with van der Waals surface area (Å²) in [6, 6.07) is 3.29. The number of rotatable bonds is 10. The first kappa shape index (κ1) is 23.5. The van der Waals surface area contributed by atoms with Gasteiger partial charge in [-0.3, -0.25) is 9.69 Å². The number of nitrogens with one attached hydrogen (secondary N) is 1. The molecule has 6 nitrogen and oxygen atoms in total. The molecule has 0 bridgehead atoms. The summed E-state index contributed by atoms with van der Waals surface area (Å²) in [7, 11) is 0. The van der Waals surface area contributed by atoms with Gasteiger partial charge in [-0.2, -0.15) is 0 Å². The fraction of sp³-hybridized carbons (Fsp3) is 0.636. The number of β-amino-alcohol motifs (C(OH)–C–C–N with tert-alkyl or cyclic N) is 1. The van der Waals surface area contributed by atoms with Gasteiger partial charge >= 0.3 is 6.03 Å². The number of ether oxygens (including phenoxy) is 1. The average molecular weight is 425 g/mol. The second kappa shape index (κ2) is 9.81. The number of hydrogen-bond acceptors (Lipinski definition) is 4. The number of benzene rings is 1. The smallest absolute Gasteiger partial charge is 0.325 e. The molecule has 0 spiro atoms. The molecule has 0 saturated carbocycles. The highest BCUT2D eigenvalue weighted by atomic mass is 35.5. The Labute approximate surface area is 178 Å². The van der Waals surface area contributed by atoms with E-state index in [1.165, 1.54) is 0 Å². The molecule has 1 atom stereocenters. The van der Waals surface area contributed by atoms with E-state index in [0.717, 1.165) is 28.9 Å². The molecule has 1 unspecified atom stereocenters. The van der Waals surface area contributed by atoms with E-state index in [2.05, 4.69) is 5.32 Å². The zero-order valence-electron chi connectivity index (χ0n) is 18.0. The summed E-state index contributed by atoms with van der Waals surface area (Å²) in [4.78, 5) is 26.5. The normalized spacial score (nSPS) is 17.0. The van der Waals surface area contributed by atoms with Crippen molar-refractivity contribution in [2.75, 3.05) is 13.2 Å². The van der Waals surface area contributed by atoms with Crippen LogP contribution < -0.4 is 10.1 Å². The van der Waals surface area contributed by atoms with Gasteiger partial charge in [0.1, 0.15) is 24.0 Å². The van der Waals surface area contributed by atoms with Crippen LogP contribution in [0.15, 0.2) is 12.1 Å². The second-order valence-corrected chi connectivity index (χ2v) is 8.59. The van der Waals surface area contributed by atoms with Crippen LogP contribution in [-0.4, -0.2) is 46.7 Å². The SMILES string of the molecule is CCCC1(CCC)NC(=O)N(CC(O)COc2cc(C)c(Cl)cc2C(C)C)C1=O. The van der Waals surface area contributed by atoms with E-state index < -0.39 is 17.7 Å². The van der Waals surface area contributed by atoms with Gasteiger partial charge in [-0.15, -0.1) is 0 Å². The molecule has 1 heterocycles. The number of carbonyl (C=O) groups excluding carboxylic acids is 2. The highest BCUT2D eigenvalue weighted by Crippen LogP contribution is 2.32. The molecule has 1 fully saturated rings. The molecule has 7 heteroatoms. The Kier molecular flexibility index (Phi) is 7.94. The van der Waals surface area contributed by atoms with Gasteiger partial charge in [0, 0.05) is 5.02 Å². The van der Waals surface area contributed by atoms with E-state index in [4.69, 9.17) is 16.3 Å². The Bertz CT molecular complexity index is 745. The average Bonchev–Trinajstić information content (AvgIpc) is 2.87. The predicted molar refractivity (Wildman–Crippen MR) is 115 cm³/mol. The van der Waals surface area contributed by atoms with Gasteiger partial charge in [-0.05, 0) is 48.9 Å². The first-order chi connectivity index (χ1) is 13.6. The first-order valence-corrected chi connectivity index (χ1v) is 10.8. The lowest BCUT2D eigenvalue weighted by atomic mass is 9.88. The van der Waals surface area contributed by atoms with Crippen LogP contribution in [-0.2, 0) is 4.79 Å². The maximum absolute atomic E-state index is 12.9. The van der Waals surface area contributed by atoms with Crippen LogP contribution in [0.4, 0.5) is 4.79 Å². The Morgan fingerprint density at radius 2 is 1.83 bits per heavy atom. The topological polar surface area (TPSA) is 78.9 Å². The molecule has 162 valence electrons. The fourth-order valence-electron chi connectivity index (χ4n) is 3.86. The lowest BCUT2D eigenvalue weighted by molar-refractivity contribution is -0.133. The Morgan fingerprint density at radius 3 is 2.38 bits per heavy atom. The molecule has 1 aromatic carbocycles. The third-order valence-corrected chi connectivity index (χ3v) is 5.74. The number of urea groups is 1. The molecule has 0 aliphatic carbocycles. The lowest BCUT2D eigenvalue weighted by Crippen LogP contribution is -2.47. The molecule has 1 aromatic rings. The number of aliphatic hydroxyl groups excluding tert-OH is 1. The minimum absolute atomic E-state index is 0.0214. The summed E-state index contributed by atoms with van der Waals surface area (Å²) >= 11 is 6.22. The monoisotopic (exact) mass is 424 g/mol. The second-order valence-electron chi connectivity index (χ2n) is 8.19. The zero-order chi connectivity index (χ0) is 21.8.